The van der Waals surface area contributed by atoms with Gasteiger partial charge in [0.1, 0.15) is 11.3 Å². The predicted octanol–water partition coefficient (Wildman–Crippen LogP) is 18.1. The standard InChI is InChI=1S/C67H42O/c1-3-23-49(24-4-1)67(50-25-5-2-6-26-50)61-42-45(37-38-59(61)66-65(67)60-33-15-16-36-62(60)68-66)63-55-29-11-13-31-57(55)64(58-32-14-12-30-56(58)63)48-40-46(53-34-17-21-43-19-7-9-27-51(43)53)39-47(41-48)54-35-18-22-44-20-8-10-28-52(44)54/h1-42H. The summed E-state index contributed by atoms with van der Waals surface area (Å²) in [6.07, 6.45) is 0. The van der Waals surface area contributed by atoms with Crippen LogP contribution < -0.4 is 0 Å². The van der Waals surface area contributed by atoms with E-state index in [1.165, 1.54) is 110 Å². The van der Waals surface area contributed by atoms with Crippen LogP contribution in [0.15, 0.2) is 259 Å². The molecule has 1 nitrogen and oxygen atoms in total. The van der Waals surface area contributed by atoms with Crippen molar-refractivity contribution in [2.24, 2.45) is 0 Å². The molecule has 1 aromatic heterocycles. The van der Waals surface area contributed by atoms with E-state index in [1.807, 2.05) is 0 Å². The van der Waals surface area contributed by atoms with E-state index in [2.05, 4.69) is 255 Å². The summed E-state index contributed by atoms with van der Waals surface area (Å²) < 4.78 is 6.92. The first-order chi connectivity index (χ1) is 33.7. The van der Waals surface area contributed by atoms with Crippen molar-refractivity contribution in [2.75, 3.05) is 0 Å². The Bertz CT molecular complexity index is 3930. The van der Waals surface area contributed by atoms with Crippen molar-refractivity contribution in [3.05, 3.63) is 277 Å². The van der Waals surface area contributed by atoms with Gasteiger partial charge in [0.25, 0.3) is 0 Å². The second-order valence-corrected chi connectivity index (χ2v) is 18.2. The van der Waals surface area contributed by atoms with E-state index in [0.717, 1.165) is 22.3 Å². The lowest BCUT2D eigenvalue weighted by atomic mass is 9.67. The van der Waals surface area contributed by atoms with Crippen LogP contribution in [0.4, 0.5) is 0 Å². The van der Waals surface area contributed by atoms with Gasteiger partial charge in [-0.1, -0.05) is 224 Å². The molecule has 0 N–H and O–H groups in total. The van der Waals surface area contributed by atoms with E-state index in [4.69, 9.17) is 4.42 Å². The van der Waals surface area contributed by atoms with Gasteiger partial charge in [0.15, 0.2) is 0 Å². The van der Waals surface area contributed by atoms with E-state index < -0.39 is 5.41 Å². The van der Waals surface area contributed by atoms with E-state index >= 15 is 0 Å². The van der Waals surface area contributed by atoms with Gasteiger partial charge in [0.05, 0.1) is 5.41 Å². The van der Waals surface area contributed by atoms with Gasteiger partial charge >= 0.3 is 0 Å². The van der Waals surface area contributed by atoms with Gasteiger partial charge in [-0.3, -0.25) is 0 Å². The molecule has 0 spiro atoms. The second kappa shape index (κ2) is 15.1. The van der Waals surface area contributed by atoms with Crippen LogP contribution in [0.1, 0.15) is 22.3 Å². The summed E-state index contributed by atoms with van der Waals surface area (Å²) >= 11 is 0. The largest absolute Gasteiger partial charge is 0.456 e. The topological polar surface area (TPSA) is 13.1 Å². The minimum atomic E-state index is -0.624. The molecule has 68 heavy (non-hydrogen) atoms. The van der Waals surface area contributed by atoms with E-state index in [0.29, 0.717) is 0 Å². The van der Waals surface area contributed by atoms with Crippen molar-refractivity contribution in [1.82, 2.24) is 0 Å². The van der Waals surface area contributed by atoms with Gasteiger partial charge in [-0.25, -0.2) is 0 Å². The fourth-order valence-electron chi connectivity index (χ4n) is 11.9. The molecule has 0 saturated heterocycles. The Hall–Kier alpha value is -8.78. The van der Waals surface area contributed by atoms with Gasteiger partial charge in [0.2, 0.25) is 0 Å². The molecule has 1 heterocycles. The van der Waals surface area contributed by atoms with Crippen LogP contribution in [0.2, 0.25) is 0 Å². The normalized spacial score (nSPS) is 12.8. The van der Waals surface area contributed by atoms with Crippen LogP contribution in [0.5, 0.6) is 0 Å². The zero-order valence-corrected chi connectivity index (χ0v) is 37.2. The second-order valence-electron chi connectivity index (χ2n) is 18.2. The van der Waals surface area contributed by atoms with Crippen LogP contribution in [-0.4, -0.2) is 0 Å². The van der Waals surface area contributed by atoms with E-state index in [1.54, 1.807) is 0 Å². The molecule has 0 bridgehead atoms. The van der Waals surface area contributed by atoms with Crippen LogP contribution >= 0.6 is 0 Å². The summed E-state index contributed by atoms with van der Waals surface area (Å²) in [6.45, 7) is 0. The number of hydrogen-bond donors (Lipinski definition) is 0. The third-order valence-electron chi connectivity index (χ3n) is 14.7. The zero-order valence-electron chi connectivity index (χ0n) is 37.2. The molecule has 316 valence electrons. The SMILES string of the molecule is c1ccc(C2(c3ccccc3)c3cc(-c4c5ccccc5c(-c5cc(-c6cccc7ccccc67)cc(-c6cccc7ccccc67)c5)c5ccccc45)ccc3-c3oc4ccccc4c32)cc1. The Morgan fingerprint density at radius 3 is 1.25 bits per heavy atom. The van der Waals surface area contributed by atoms with Crippen LogP contribution in [0.3, 0.4) is 0 Å². The van der Waals surface area contributed by atoms with E-state index in [-0.39, 0.29) is 0 Å². The fraction of sp³-hybridized carbons (Fsp3) is 0.0149. The third-order valence-corrected chi connectivity index (χ3v) is 14.7. The lowest BCUT2D eigenvalue weighted by Gasteiger charge is -2.33. The number of furan rings is 1. The molecule has 12 aromatic carbocycles. The van der Waals surface area contributed by atoms with Gasteiger partial charge in [-0.2, -0.15) is 0 Å². The number of rotatable bonds is 6. The Morgan fingerprint density at radius 2 is 0.706 bits per heavy atom. The number of para-hydroxylation sites is 1. The van der Waals surface area contributed by atoms with Gasteiger partial charge in [-0.15, -0.1) is 0 Å². The summed E-state index contributed by atoms with van der Waals surface area (Å²) in [5.74, 6) is 0.943. The molecule has 0 aliphatic heterocycles. The Balaban J connectivity index is 1.06. The average Bonchev–Trinajstić information content (AvgIpc) is 3.93. The summed E-state index contributed by atoms with van der Waals surface area (Å²) in [5.41, 5.74) is 15.9. The molecule has 1 heteroatoms. The molecule has 1 aliphatic rings. The maximum Gasteiger partial charge on any atom is 0.140 e. The molecule has 0 fully saturated rings. The lowest BCUT2D eigenvalue weighted by Crippen LogP contribution is -2.28. The van der Waals surface area contributed by atoms with Crippen molar-refractivity contribution in [3.8, 4) is 55.8 Å². The van der Waals surface area contributed by atoms with Gasteiger partial charge in [0, 0.05) is 16.5 Å². The zero-order chi connectivity index (χ0) is 44.8. The summed E-state index contributed by atoms with van der Waals surface area (Å²) in [5, 5.41) is 11.0. The molecule has 1 aliphatic carbocycles. The number of benzene rings is 12. The first-order valence-corrected chi connectivity index (χ1v) is 23.6. The quantitative estimate of drug-likeness (QED) is 0.152. The first kappa shape index (κ1) is 38.5. The number of hydrogen-bond acceptors (Lipinski definition) is 1. The highest BCUT2D eigenvalue weighted by molar-refractivity contribution is 6.22. The minimum absolute atomic E-state index is 0.624. The highest BCUT2D eigenvalue weighted by Gasteiger charge is 2.49. The van der Waals surface area contributed by atoms with Crippen molar-refractivity contribution in [3.63, 3.8) is 0 Å². The third kappa shape index (κ3) is 5.63. The van der Waals surface area contributed by atoms with Crippen molar-refractivity contribution >= 4 is 54.1 Å². The summed E-state index contributed by atoms with van der Waals surface area (Å²) in [7, 11) is 0. The highest BCUT2D eigenvalue weighted by Crippen LogP contribution is 2.60. The van der Waals surface area contributed by atoms with Crippen molar-refractivity contribution in [1.29, 1.82) is 0 Å². The predicted molar refractivity (Wildman–Crippen MR) is 285 cm³/mol. The fourth-order valence-corrected chi connectivity index (χ4v) is 11.9. The lowest BCUT2D eigenvalue weighted by molar-refractivity contribution is 0.628. The molecule has 0 atom stereocenters. The molecular formula is C67H42O. The molecular weight excluding hydrogens is 821 g/mol. The minimum Gasteiger partial charge on any atom is -0.456 e. The average molecular weight is 863 g/mol. The maximum atomic E-state index is 6.92. The van der Waals surface area contributed by atoms with Crippen molar-refractivity contribution in [2.45, 2.75) is 5.41 Å². The van der Waals surface area contributed by atoms with Crippen LogP contribution in [0.25, 0.3) is 110 Å². The van der Waals surface area contributed by atoms with Gasteiger partial charge in [-0.05, 0) is 135 Å². The molecule has 14 rings (SSSR count). The molecule has 0 amide bonds. The molecule has 13 aromatic rings. The highest BCUT2D eigenvalue weighted by atomic mass is 16.3. The smallest absolute Gasteiger partial charge is 0.140 e. The molecule has 0 unspecified atom stereocenters. The first-order valence-electron chi connectivity index (χ1n) is 23.6. The monoisotopic (exact) mass is 862 g/mol. The Kier molecular flexibility index (Phi) is 8.57. The maximum absolute atomic E-state index is 6.92. The van der Waals surface area contributed by atoms with Crippen LogP contribution in [-0.2, 0) is 5.41 Å². The van der Waals surface area contributed by atoms with E-state index in [9.17, 15) is 0 Å². The van der Waals surface area contributed by atoms with Gasteiger partial charge < -0.3 is 4.42 Å². The molecule has 0 radical (unpaired) electrons. The summed E-state index contributed by atoms with van der Waals surface area (Å²) in [6, 6.07) is 94.0. The summed E-state index contributed by atoms with van der Waals surface area (Å²) in [4.78, 5) is 0. The van der Waals surface area contributed by atoms with Crippen LogP contribution in [0, 0.1) is 0 Å². The Morgan fingerprint density at radius 1 is 0.279 bits per heavy atom. The Labute approximate surface area is 394 Å². The number of fused-ring (bicyclic) bond motifs is 9. The van der Waals surface area contributed by atoms with Crippen molar-refractivity contribution < 1.29 is 4.42 Å². The molecule has 0 saturated carbocycles.